The van der Waals surface area contributed by atoms with Crippen molar-refractivity contribution < 1.29 is 9.66 Å². The van der Waals surface area contributed by atoms with E-state index in [2.05, 4.69) is 4.98 Å². The van der Waals surface area contributed by atoms with Gasteiger partial charge in [-0.1, -0.05) is 23.9 Å². The van der Waals surface area contributed by atoms with E-state index in [0.717, 1.165) is 11.8 Å². The van der Waals surface area contributed by atoms with Crippen LogP contribution in [0, 0.1) is 21.4 Å². The molecular formula is C20H16N4O4S. The number of hydrogen-bond acceptors (Lipinski definition) is 7. The van der Waals surface area contributed by atoms with Crippen molar-refractivity contribution in [1.29, 1.82) is 5.26 Å². The van der Waals surface area contributed by atoms with Gasteiger partial charge in [0.2, 0.25) is 0 Å². The van der Waals surface area contributed by atoms with Gasteiger partial charge < -0.3 is 4.74 Å². The van der Waals surface area contributed by atoms with E-state index in [1.807, 2.05) is 6.07 Å². The van der Waals surface area contributed by atoms with Gasteiger partial charge in [0.05, 0.1) is 35.0 Å². The summed E-state index contributed by atoms with van der Waals surface area (Å²) in [6.07, 6.45) is 1.33. The van der Waals surface area contributed by atoms with Gasteiger partial charge in [0.15, 0.2) is 5.16 Å². The monoisotopic (exact) mass is 408 g/mol. The fourth-order valence-corrected chi connectivity index (χ4v) is 3.67. The summed E-state index contributed by atoms with van der Waals surface area (Å²) in [6.45, 7) is 0.623. The number of non-ortho nitro benzene ring substituents is 1. The van der Waals surface area contributed by atoms with E-state index in [0.29, 0.717) is 39.7 Å². The topological polar surface area (TPSA) is 111 Å². The minimum Gasteiger partial charge on any atom is -0.383 e. The summed E-state index contributed by atoms with van der Waals surface area (Å²) in [6, 6.07) is 14.9. The number of nitriles is 1. The summed E-state index contributed by atoms with van der Waals surface area (Å²) in [5.41, 5.74) is 0.919. The molecular weight excluding hydrogens is 392 g/mol. The third kappa shape index (κ3) is 4.51. The molecule has 0 aliphatic carbocycles. The Kier molecular flexibility index (Phi) is 6.39. The molecule has 0 N–H and O–H groups in total. The minimum absolute atomic E-state index is 0.0455. The lowest BCUT2D eigenvalue weighted by atomic mass is 10.2. The maximum atomic E-state index is 12.9. The molecule has 0 radical (unpaired) electrons. The highest BCUT2D eigenvalue weighted by Gasteiger charge is 2.15. The smallest absolute Gasteiger partial charge is 0.269 e. The molecule has 2 aromatic carbocycles. The Hall–Kier alpha value is -3.48. The van der Waals surface area contributed by atoms with Crippen molar-refractivity contribution in [3.63, 3.8) is 0 Å². The number of thioether (sulfide) groups is 1. The van der Waals surface area contributed by atoms with E-state index in [1.165, 1.54) is 22.8 Å². The number of aromatic nitrogens is 2. The van der Waals surface area contributed by atoms with Crippen LogP contribution in [0.1, 0.15) is 5.56 Å². The van der Waals surface area contributed by atoms with Crippen LogP contribution in [-0.4, -0.2) is 28.2 Å². The molecule has 0 aliphatic rings. The van der Waals surface area contributed by atoms with Crippen molar-refractivity contribution >= 4 is 33.3 Å². The van der Waals surface area contributed by atoms with Gasteiger partial charge in [-0.3, -0.25) is 19.5 Å². The standard InChI is InChI=1S/C20H16N4O4S/c1-28-13-12-23-19(25)16-4-2-3-5-17(16)22-20(23)29-18(10-11-21)14-6-8-15(9-7-14)24(26)27/h2-10H,12-13H2,1H3/b18-10-. The number of allylic oxidation sites excluding steroid dienone is 1. The van der Waals surface area contributed by atoms with Gasteiger partial charge in [0.1, 0.15) is 0 Å². The fraction of sp³-hybridized carbons (Fsp3) is 0.150. The molecule has 0 bridgehead atoms. The van der Waals surface area contributed by atoms with Crippen molar-refractivity contribution in [3.05, 3.63) is 80.6 Å². The predicted molar refractivity (Wildman–Crippen MR) is 110 cm³/mol. The van der Waals surface area contributed by atoms with Crippen LogP contribution < -0.4 is 5.56 Å². The van der Waals surface area contributed by atoms with Gasteiger partial charge in [0, 0.05) is 30.2 Å². The molecule has 0 spiro atoms. The Labute approximate surface area is 170 Å². The highest BCUT2D eigenvalue weighted by molar-refractivity contribution is 8.08. The number of nitro groups is 1. The van der Waals surface area contributed by atoms with Gasteiger partial charge in [-0.05, 0) is 29.8 Å². The Bertz CT molecular complexity index is 1180. The first-order valence-corrected chi connectivity index (χ1v) is 9.37. The normalized spacial score (nSPS) is 11.4. The highest BCUT2D eigenvalue weighted by Crippen LogP contribution is 2.34. The zero-order valence-corrected chi connectivity index (χ0v) is 16.3. The van der Waals surface area contributed by atoms with Crippen molar-refractivity contribution in [2.24, 2.45) is 0 Å². The molecule has 0 saturated heterocycles. The van der Waals surface area contributed by atoms with Crippen LogP contribution in [0.3, 0.4) is 0 Å². The average Bonchev–Trinajstić information content (AvgIpc) is 2.73. The summed E-state index contributed by atoms with van der Waals surface area (Å²) in [5.74, 6) is 0. The third-order valence-corrected chi connectivity index (χ3v) is 5.17. The molecule has 0 unspecified atom stereocenters. The van der Waals surface area contributed by atoms with E-state index >= 15 is 0 Å². The quantitative estimate of drug-likeness (QED) is 0.193. The molecule has 3 rings (SSSR count). The van der Waals surface area contributed by atoms with Crippen LogP contribution >= 0.6 is 11.8 Å². The number of methoxy groups -OCH3 is 1. The number of hydrogen-bond donors (Lipinski definition) is 0. The summed E-state index contributed by atoms with van der Waals surface area (Å²) in [5, 5.41) is 21.0. The Balaban J connectivity index is 2.07. The zero-order valence-electron chi connectivity index (χ0n) is 15.4. The first-order valence-electron chi connectivity index (χ1n) is 8.56. The summed E-state index contributed by atoms with van der Waals surface area (Å²) in [4.78, 5) is 28.5. The van der Waals surface area contributed by atoms with Gasteiger partial charge >= 0.3 is 0 Å². The van der Waals surface area contributed by atoms with Gasteiger partial charge in [-0.2, -0.15) is 5.26 Å². The number of nitro benzene ring substituents is 1. The SMILES string of the molecule is COCCn1c(S/C(=C\C#N)c2ccc([N+](=O)[O-])cc2)nc2ccccc2c1=O. The second-order valence-corrected chi connectivity index (χ2v) is 6.91. The molecule has 1 aromatic heterocycles. The number of benzene rings is 2. The Morgan fingerprint density at radius 2 is 2.03 bits per heavy atom. The highest BCUT2D eigenvalue weighted by atomic mass is 32.2. The van der Waals surface area contributed by atoms with Crippen LogP contribution in [0.5, 0.6) is 0 Å². The van der Waals surface area contributed by atoms with E-state index < -0.39 is 4.92 Å². The van der Waals surface area contributed by atoms with Crippen LogP contribution in [-0.2, 0) is 11.3 Å². The van der Waals surface area contributed by atoms with Crippen LogP contribution in [0.15, 0.2) is 64.6 Å². The molecule has 0 saturated carbocycles. The summed E-state index contributed by atoms with van der Waals surface area (Å²) in [7, 11) is 1.55. The molecule has 0 amide bonds. The lowest BCUT2D eigenvalue weighted by Gasteiger charge is -2.14. The number of para-hydroxylation sites is 1. The number of ether oxygens (including phenoxy) is 1. The fourth-order valence-electron chi connectivity index (χ4n) is 2.68. The maximum absolute atomic E-state index is 12.9. The Morgan fingerprint density at radius 3 is 2.69 bits per heavy atom. The second-order valence-electron chi connectivity index (χ2n) is 5.90. The van der Waals surface area contributed by atoms with E-state index in [-0.39, 0.29) is 11.2 Å². The third-order valence-electron chi connectivity index (χ3n) is 4.11. The first-order chi connectivity index (χ1) is 14.0. The number of nitrogens with zero attached hydrogens (tertiary/aromatic N) is 4. The Morgan fingerprint density at radius 1 is 1.31 bits per heavy atom. The minimum atomic E-state index is -0.488. The van der Waals surface area contributed by atoms with Crippen molar-refractivity contribution in [1.82, 2.24) is 9.55 Å². The average molecular weight is 408 g/mol. The molecule has 8 nitrogen and oxygen atoms in total. The molecule has 146 valence electrons. The number of fused-ring (bicyclic) bond motifs is 1. The molecule has 0 aliphatic heterocycles. The molecule has 29 heavy (non-hydrogen) atoms. The number of rotatable bonds is 7. The molecule has 1 heterocycles. The molecule has 0 fully saturated rings. The van der Waals surface area contributed by atoms with E-state index in [1.54, 1.807) is 43.5 Å². The van der Waals surface area contributed by atoms with Gasteiger partial charge in [-0.25, -0.2) is 4.98 Å². The molecule has 9 heteroatoms. The van der Waals surface area contributed by atoms with Crippen molar-refractivity contribution in [3.8, 4) is 6.07 Å². The molecule has 0 atom stereocenters. The first kappa shape index (κ1) is 20.3. The largest absolute Gasteiger partial charge is 0.383 e. The predicted octanol–water partition coefficient (Wildman–Crippen LogP) is 3.61. The van der Waals surface area contributed by atoms with Crippen LogP contribution in [0.4, 0.5) is 5.69 Å². The lowest BCUT2D eigenvalue weighted by Crippen LogP contribution is -2.25. The summed E-state index contributed by atoms with van der Waals surface area (Å²) < 4.78 is 6.62. The van der Waals surface area contributed by atoms with Crippen molar-refractivity contribution in [2.75, 3.05) is 13.7 Å². The van der Waals surface area contributed by atoms with Crippen LogP contribution in [0.2, 0.25) is 0 Å². The zero-order chi connectivity index (χ0) is 20.8. The van der Waals surface area contributed by atoms with E-state index in [4.69, 9.17) is 4.74 Å². The van der Waals surface area contributed by atoms with Crippen LogP contribution in [0.25, 0.3) is 15.8 Å². The van der Waals surface area contributed by atoms with Gasteiger partial charge in [0.25, 0.3) is 11.2 Å². The lowest BCUT2D eigenvalue weighted by molar-refractivity contribution is -0.384. The van der Waals surface area contributed by atoms with Gasteiger partial charge in [-0.15, -0.1) is 0 Å². The van der Waals surface area contributed by atoms with E-state index in [9.17, 15) is 20.2 Å². The summed E-state index contributed by atoms with van der Waals surface area (Å²) >= 11 is 1.15. The van der Waals surface area contributed by atoms with Crippen molar-refractivity contribution in [2.45, 2.75) is 11.7 Å². The molecule has 3 aromatic rings. The maximum Gasteiger partial charge on any atom is 0.269 e. The second kappa shape index (κ2) is 9.14.